The quantitative estimate of drug-likeness (QED) is 0.580. The number of hydrogen-bond donors (Lipinski definition) is 1. The monoisotopic (exact) mass is 198 g/mol. The van der Waals surface area contributed by atoms with E-state index in [1.165, 1.54) is 0 Å². The molecule has 0 aliphatic carbocycles. The minimum Gasteiger partial charge on any atom is -0.370 e. The zero-order valence-corrected chi connectivity index (χ0v) is 8.71. The van der Waals surface area contributed by atoms with Crippen molar-refractivity contribution in [2.75, 3.05) is 13.6 Å². The molecule has 5 heteroatoms. The number of aliphatic imine (C=N–C) groups is 1. The van der Waals surface area contributed by atoms with Gasteiger partial charge in [0.2, 0.25) is 0 Å². The molecule has 13 heavy (non-hydrogen) atoms. The van der Waals surface area contributed by atoms with E-state index in [-0.39, 0.29) is 0 Å². The molecule has 72 valence electrons. The first-order chi connectivity index (χ1) is 6.24. The van der Waals surface area contributed by atoms with E-state index < -0.39 is 0 Å². The molecular formula is C8H14N4S. The second kappa shape index (κ2) is 4.81. The summed E-state index contributed by atoms with van der Waals surface area (Å²) >= 11 is 1.59. The molecule has 4 nitrogen and oxygen atoms in total. The molecule has 0 atom stereocenters. The number of thiazole rings is 1. The predicted molar refractivity (Wildman–Crippen MR) is 55.7 cm³/mol. The lowest BCUT2D eigenvalue weighted by atomic mass is 10.4. The smallest absolute Gasteiger partial charge is 0.191 e. The molecule has 0 radical (unpaired) electrons. The van der Waals surface area contributed by atoms with Crippen LogP contribution >= 0.6 is 11.3 Å². The summed E-state index contributed by atoms with van der Waals surface area (Å²) in [5.41, 5.74) is 8.54. The van der Waals surface area contributed by atoms with E-state index >= 15 is 0 Å². The number of aromatic nitrogens is 1. The fourth-order valence-electron chi connectivity index (χ4n) is 0.922. The first-order valence-corrected chi connectivity index (χ1v) is 5.06. The lowest BCUT2D eigenvalue weighted by molar-refractivity contribution is 0.486. The van der Waals surface area contributed by atoms with Crippen LogP contribution in [0.15, 0.2) is 15.9 Å². The minimum atomic E-state index is 0.565. The van der Waals surface area contributed by atoms with Crippen molar-refractivity contribution in [1.29, 1.82) is 0 Å². The molecule has 1 aromatic heterocycles. The summed E-state index contributed by atoms with van der Waals surface area (Å²) in [5.74, 6) is 0.565. The van der Waals surface area contributed by atoms with Crippen molar-refractivity contribution >= 4 is 17.3 Å². The van der Waals surface area contributed by atoms with Crippen LogP contribution in [0.2, 0.25) is 0 Å². The zero-order valence-electron chi connectivity index (χ0n) is 7.90. The summed E-state index contributed by atoms with van der Waals surface area (Å²) < 4.78 is 0. The van der Waals surface area contributed by atoms with Crippen LogP contribution in [0.3, 0.4) is 0 Å². The highest BCUT2D eigenvalue weighted by molar-refractivity contribution is 7.07. The Morgan fingerprint density at radius 3 is 3.08 bits per heavy atom. The Hall–Kier alpha value is -1.10. The van der Waals surface area contributed by atoms with Crippen molar-refractivity contribution in [1.82, 2.24) is 9.88 Å². The molecule has 0 saturated carbocycles. The Bertz CT molecular complexity index is 268. The van der Waals surface area contributed by atoms with Gasteiger partial charge in [0.1, 0.15) is 0 Å². The molecule has 0 aliphatic heterocycles. The van der Waals surface area contributed by atoms with Crippen LogP contribution in [0.4, 0.5) is 0 Å². The molecule has 0 saturated heterocycles. The third kappa shape index (κ3) is 3.02. The minimum absolute atomic E-state index is 0.565. The highest BCUT2D eigenvalue weighted by Gasteiger charge is 2.03. The molecule has 0 bridgehead atoms. The van der Waals surface area contributed by atoms with E-state index in [2.05, 4.69) is 9.98 Å². The van der Waals surface area contributed by atoms with E-state index in [9.17, 15) is 0 Å². The van der Waals surface area contributed by atoms with Gasteiger partial charge in [0.15, 0.2) is 5.96 Å². The predicted octanol–water partition coefficient (Wildman–Crippen LogP) is 0.909. The van der Waals surface area contributed by atoms with Gasteiger partial charge in [-0.15, -0.1) is 11.3 Å². The van der Waals surface area contributed by atoms with Crippen molar-refractivity contribution in [3.05, 3.63) is 16.6 Å². The Labute approximate surface area is 82.1 Å². The molecule has 2 N–H and O–H groups in total. The molecule has 1 aromatic rings. The SMILES string of the molecule is CCN=C(N)N(C)Cc1cscn1. The van der Waals surface area contributed by atoms with Gasteiger partial charge < -0.3 is 10.6 Å². The maximum Gasteiger partial charge on any atom is 0.191 e. The van der Waals surface area contributed by atoms with Crippen molar-refractivity contribution in [2.45, 2.75) is 13.5 Å². The Morgan fingerprint density at radius 1 is 1.77 bits per heavy atom. The van der Waals surface area contributed by atoms with Gasteiger partial charge in [0.25, 0.3) is 0 Å². The Kier molecular flexibility index (Phi) is 3.70. The number of nitrogens with two attached hydrogens (primary N) is 1. The fourth-order valence-corrected chi connectivity index (χ4v) is 1.47. The Morgan fingerprint density at radius 2 is 2.54 bits per heavy atom. The van der Waals surface area contributed by atoms with E-state index in [0.717, 1.165) is 12.2 Å². The third-order valence-electron chi connectivity index (χ3n) is 1.59. The first-order valence-electron chi connectivity index (χ1n) is 4.12. The van der Waals surface area contributed by atoms with Gasteiger partial charge >= 0.3 is 0 Å². The highest BCUT2D eigenvalue weighted by atomic mass is 32.1. The number of rotatable bonds is 3. The van der Waals surface area contributed by atoms with Crippen LogP contribution in [-0.2, 0) is 6.54 Å². The fraction of sp³-hybridized carbons (Fsp3) is 0.500. The second-order valence-electron chi connectivity index (χ2n) is 2.67. The number of hydrogen-bond acceptors (Lipinski definition) is 3. The average molecular weight is 198 g/mol. The van der Waals surface area contributed by atoms with E-state index in [1.54, 1.807) is 11.3 Å². The molecule has 0 fully saturated rings. The van der Waals surface area contributed by atoms with Gasteiger partial charge in [-0.1, -0.05) is 0 Å². The van der Waals surface area contributed by atoms with Gasteiger partial charge in [0, 0.05) is 19.0 Å². The maximum atomic E-state index is 5.70. The summed E-state index contributed by atoms with van der Waals surface area (Å²) in [6.07, 6.45) is 0. The van der Waals surface area contributed by atoms with Crippen LogP contribution in [-0.4, -0.2) is 29.4 Å². The van der Waals surface area contributed by atoms with E-state index in [4.69, 9.17) is 5.73 Å². The zero-order chi connectivity index (χ0) is 9.68. The van der Waals surface area contributed by atoms with Crippen LogP contribution in [0.5, 0.6) is 0 Å². The molecule has 1 rings (SSSR count). The van der Waals surface area contributed by atoms with Crippen LogP contribution in [0, 0.1) is 0 Å². The van der Waals surface area contributed by atoms with Gasteiger partial charge in [-0.05, 0) is 6.92 Å². The van der Waals surface area contributed by atoms with Crippen molar-refractivity contribution in [3.8, 4) is 0 Å². The molecular weight excluding hydrogens is 184 g/mol. The third-order valence-corrected chi connectivity index (χ3v) is 2.23. The molecule has 0 amide bonds. The molecule has 0 unspecified atom stereocenters. The molecule has 1 heterocycles. The summed E-state index contributed by atoms with van der Waals surface area (Å²) in [6, 6.07) is 0. The van der Waals surface area contributed by atoms with Gasteiger partial charge in [-0.2, -0.15) is 0 Å². The first kappa shape index (κ1) is 9.98. The standard InChI is InChI=1S/C8H14N4S/c1-3-10-8(9)12(2)4-7-5-13-6-11-7/h5-6H,3-4H2,1-2H3,(H2,9,10). The van der Waals surface area contributed by atoms with Gasteiger partial charge in [0.05, 0.1) is 17.7 Å². The van der Waals surface area contributed by atoms with Crippen LogP contribution in [0.1, 0.15) is 12.6 Å². The topological polar surface area (TPSA) is 54.5 Å². The maximum absolute atomic E-state index is 5.70. The lowest BCUT2D eigenvalue weighted by Crippen LogP contribution is -2.33. The summed E-state index contributed by atoms with van der Waals surface area (Å²) in [4.78, 5) is 10.2. The van der Waals surface area contributed by atoms with Crippen molar-refractivity contribution in [3.63, 3.8) is 0 Å². The van der Waals surface area contributed by atoms with Crippen LogP contribution < -0.4 is 5.73 Å². The summed E-state index contributed by atoms with van der Waals surface area (Å²) in [7, 11) is 1.91. The van der Waals surface area contributed by atoms with Gasteiger partial charge in [-0.25, -0.2) is 4.98 Å². The highest BCUT2D eigenvalue weighted by Crippen LogP contribution is 2.03. The van der Waals surface area contributed by atoms with Crippen LogP contribution in [0.25, 0.3) is 0 Å². The Balaban J connectivity index is 2.50. The summed E-state index contributed by atoms with van der Waals surface area (Å²) in [5, 5.41) is 2.01. The summed E-state index contributed by atoms with van der Waals surface area (Å²) in [6.45, 7) is 3.40. The van der Waals surface area contributed by atoms with E-state index in [0.29, 0.717) is 12.5 Å². The molecule has 0 spiro atoms. The number of nitrogens with zero attached hydrogens (tertiary/aromatic N) is 3. The second-order valence-corrected chi connectivity index (χ2v) is 3.39. The van der Waals surface area contributed by atoms with Crippen molar-refractivity contribution in [2.24, 2.45) is 10.7 Å². The van der Waals surface area contributed by atoms with Crippen molar-refractivity contribution < 1.29 is 0 Å². The molecule has 0 aliphatic rings. The normalized spacial score (nSPS) is 11.7. The van der Waals surface area contributed by atoms with E-state index in [1.807, 2.05) is 29.8 Å². The lowest BCUT2D eigenvalue weighted by Gasteiger charge is -2.16. The van der Waals surface area contributed by atoms with Gasteiger partial charge in [-0.3, -0.25) is 4.99 Å². The average Bonchev–Trinajstić information content (AvgIpc) is 2.57. The number of guanidine groups is 1. The largest absolute Gasteiger partial charge is 0.370 e. The molecule has 0 aromatic carbocycles.